The molecule has 1 heterocycles. The summed E-state index contributed by atoms with van der Waals surface area (Å²) >= 11 is 0. The highest BCUT2D eigenvalue weighted by Gasteiger charge is 2.13. The molecule has 0 saturated heterocycles. The number of rotatable bonds is 8. The molecule has 1 aromatic heterocycles. The number of aromatic amines is 1. The Balaban J connectivity index is 0.00000242. The zero-order valence-electron chi connectivity index (χ0n) is 12.6. The van der Waals surface area contributed by atoms with E-state index in [1.165, 1.54) is 0 Å². The van der Waals surface area contributed by atoms with Crippen LogP contribution in [0.3, 0.4) is 0 Å². The lowest BCUT2D eigenvalue weighted by Gasteiger charge is -2.13. The van der Waals surface area contributed by atoms with Crippen LogP contribution in [-0.4, -0.2) is 45.6 Å². The average Bonchev–Trinajstić information content (AvgIpc) is 2.49. The molecule has 0 fully saturated rings. The summed E-state index contributed by atoms with van der Waals surface area (Å²) in [4.78, 5) is 7.11. The Morgan fingerprint density at radius 3 is 2.18 bits per heavy atom. The van der Waals surface area contributed by atoms with Gasteiger partial charge in [-0.2, -0.15) is 0 Å². The van der Waals surface area contributed by atoms with E-state index in [4.69, 9.17) is 24.7 Å². The van der Waals surface area contributed by atoms with Crippen LogP contribution in [-0.2, 0) is 9.47 Å². The van der Waals surface area contributed by atoms with Crippen LogP contribution in [0, 0.1) is 0 Å². The van der Waals surface area contributed by atoms with Crippen molar-refractivity contribution in [2.24, 2.45) is 0 Å². The van der Waals surface area contributed by atoms with Crippen molar-refractivity contribution < 1.29 is 36.3 Å². The van der Waals surface area contributed by atoms with E-state index < -0.39 is 0 Å². The molecule has 0 radical (unpaired) electrons. The van der Waals surface area contributed by atoms with Gasteiger partial charge in [0.1, 0.15) is 13.2 Å². The average molecular weight is 330 g/mol. The predicted molar refractivity (Wildman–Crippen MR) is 77.5 cm³/mol. The third-order valence-electron chi connectivity index (χ3n) is 2.87. The minimum Gasteiger partial charge on any atom is -1.00 e. The van der Waals surface area contributed by atoms with E-state index >= 15 is 0 Å². The molecule has 0 saturated carbocycles. The third kappa shape index (κ3) is 4.59. The molecule has 2 aromatic rings. The number of hydrogen-bond acceptors (Lipinski definition) is 6. The van der Waals surface area contributed by atoms with Gasteiger partial charge in [-0.3, -0.25) is 0 Å². The Kier molecular flexibility index (Phi) is 7.65. The molecule has 2 rings (SSSR count). The number of nitrogens with two attached hydrogens (primary N) is 1. The molecule has 122 valence electrons. The molecule has 0 bridgehead atoms. The van der Waals surface area contributed by atoms with Crippen LogP contribution in [0.2, 0.25) is 0 Å². The van der Waals surface area contributed by atoms with Crippen LogP contribution in [0.25, 0.3) is 10.9 Å². The molecule has 0 aliphatic heterocycles. The molecule has 0 unspecified atom stereocenters. The van der Waals surface area contributed by atoms with E-state index in [1.54, 1.807) is 26.6 Å². The summed E-state index contributed by atoms with van der Waals surface area (Å²) in [6.07, 6.45) is 1.54. The molecule has 22 heavy (non-hydrogen) atoms. The lowest BCUT2D eigenvalue weighted by molar-refractivity contribution is -0.363. The predicted octanol–water partition coefficient (Wildman–Crippen LogP) is -2.31. The van der Waals surface area contributed by atoms with Crippen LogP contribution in [0.1, 0.15) is 0 Å². The molecular formula is C14H20ClN3O4. The lowest BCUT2D eigenvalue weighted by atomic mass is 10.2. The summed E-state index contributed by atoms with van der Waals surface area (Å²) < 4.78 is 21.3. The van der Waals surface area contributed by atoms with Gasteiger partial charge in [0.15, 0.2) is 17.0 Å². The molecule has 0 amide bonds. The van der Waals surface area contributed by atoms with Gasteiger partial charge in [-0.05, 0) is 0 Å². The summed E-state index contributed by atoms with van der Waals surface area (Å²) in [6.45, 7) is 1.83. The zero-order valence-corrected chi connectivity index (χ0v) is 13.4. The monoisotopic (exact) mass is 329 g/mol. The van der Waals surface area contributed by atoms with Crippen molar-refractivity contribution in [1.29, 1.82) is 0 Å². The number of fused-ring (bicyclic) bond motifs is 1. The van der Waals surface area contributed by atoms with Crippen LogP contribution >= 0.6 is 0 Å². The Hall–Kier alpha value is -1.83. The highest BCUT2D eigenvalue weighted by Crippen LogP contribution is 2.32. The highest BCUT2D eigenvalue weighted by atomic mass is 35.5. The van der Waals surface area contributed by atoms with E-state index in [2.05, 4.69) is 9.97 Å². The lowest BCUT2D eigenvalue weighted by Crippen LogP contribution is -3.00. The Morgan fingerprint density at radius 2 is 1.59 bits per heavy atom. The maximum atomic E-state index is 5.92. The molecule has 7 nitrogen and oxygen atoms in total. The summed E-state index contributed by atoms with van der Waals surface area (Å²) in [5.41, 5.74) is 6.65. The molecule has 0 spiro atoms. The first-order valence-electron chi connectivity index (χ1n) is 6.59. The molecule has 0 aliphatic rings. The Bertz CT molecular complexity index is 598. The summed E-state index contributed by atoms with van der Waals surface area (Å²) in [6, 6.07) is 3.61. The van der Waals surface area contributed by atoms with E-state index in [9.17, 15) is 0 Å². The van der Waals surface area contributed by atoms with Crippen molar-refractivity contribution in [3.8, 4) is 11.5 Å². The van der Waals surface area contributed by atoms with Crippen molar-refractivity contribution in [1.82, 2.24) is 4.98 Å². The summed E-state index contributed by atoms with van der Waals surface area (Å²) in [5.74, 6) is 1.73. The second-order valence-electron chi connectivity index (χ2n) is 4.31. The number of benzene rings is 1. The topological polar surface area (TPSA) is 90.0 Å². The van der Waals surface area contributed by atoms with E-state index in [0.717, 1.165) is 10.9 Å². The summed E-state index contributed by atoms with van der Waals surface area (Å²) in [7, 11) is 3.24. The van der Waals surface area contributed by atoms with E-state index in [1.807, 2.05) is 6.07 Å². The molecule has 8 heteroatoms. The van der Waals surface area contributed by atoms with Gasteiger partial charge >= 0.3 is 0 Å². The first kappa shape index (κ1) is 18.2. The normalized spacial score (nSPS) is 10.3. The minimum atomic E-state index is 0. The first-order chi connectivity index (χ1) is 10.3. The number of nitrogen functional groups attached to an aromatic ring is 1. The fourth-order valence-corrected chi connectivity index (χ4v) is 1.82. The number of methoxy groups -OCH3 is 2. The first-order valence-corrected chi connectivity index (χ1v) is 6.59. The number of nitrogens with zero attached hydrogens (tertiary/aromatic N) is 1. The summed E-state index contributed by atoms with van der Waals surface area (Å²) in [5, 5.41) is 0.781. The Labute approximate surface area is 135 Å². The van der Waals surface area contributed by atoms with Crippen LogP contribution in [0.5, 0.6) is 11.5 Å². The van der Waals surface area contributed by atoms with Gasteiger partial charge in [0.05, 0.1) is 18.6 Å². The number of anilines is 1. The second-order valence-corrected chi connectivity index (χ2v) is 4.31. The standard InChI is InChI=1S/C14H19N3O4.ClH/c1-18-3-5-20-12-7-10-11(16-9-17-14(10)15)8-13(12)21-6-4-19-2;/h7-9H,3-6H2,1-2H3,(H2,15,16,17);1H. The van der Waals surface area contributed by atoms with Gasteiger partial charge in [0.25, 0.3) is 0 Å². The largest absolute Gasteiger partial charge is 1.00 e. The van der Waals surface area contributed by atoms with Crippen molar-refractivity contribution in [2.45, 2.75) is 0 Å². The van der Waals surface area contributed by atoms with Crippen molar-refractivity contribution in [2.75, 3.05) is 46.4 Å². The van der Waals surface area contributed by atoms with Gasteiger partial charge in [-0.1, -0.05) is 0 Å². The fraction of sp³-hybridized carbons (Fsp3) is 0.429. The fourth-order valence-electron chi connectivity index (χ4n) is 1.82. The minimum absolute atomic E-state index is 0. The van der Waals surface area contributed by atoms with Crippen molar-refractivity contribution >= 4 is 16.7 Å². The number of hydrogen-bond donors (Lipinski definition) is 1. The number of halogens is 1. The smallest absolute Gasteiger partial charge is 0.227 e. The quantitative estimate of drug-likeness (QED) is 0.547. The van der Waals surface area contributed by atoms with Crippen molar-refractivity contribution in [3.63, 3.8) is 0 Å². The van der Waals surface area contributed by atoms with Gasteiger partial charge in [-0.25, -0.2) is 4.98 Å². The van der Waals surface area contributed by atoms with Gasteiger partial charge in [-0.15, -0.1) is 4.98 Å². The van der Waals surface area contributed by atoms with Crippen LogP contribution in [0.4, 0.5) is 5.82 Å². The molecule has 1 aromatic carbocycles. The van der Waals surface area contributed by atoms with Gasteiger partial charge in [0.2, 0.25) is 12.1 Å². The highest BCUT2D eigenvalue weighted by molar-refractivity contribution is 5.89. The third-order valence-corrected chi connectivity index (χ3v) is 2.87. The van der Waals surface area contributed by atoms with Gasteiger partial charge in [0, 0.05) is 26.4 Å². The van der Waals surface area contributed by atoms with Crippen LogP contribution < -0.4 is 32.6 Å². The molecule has 0 aliphatic carbocycles. The molecular weight excluding hydrogens is 310 g/mol. The maximum absolute atomic E-state index is 5.92. The van der Waals surface area contributed by atoms with Crippen LogP contribution in [0.15, 0.2) is 18.5 Å². The second kappa shape index (κ2) is 9.24. The van der Waals surface area contributed by atoms with Crippen molar-refractivity contribution in [3.05, 3.63) is 18.5 Å². The number of nitrogens with one attached hydrogen (secondary N) is 1. The molecule has 3 N–H and O–H groups in total. The van der Waals surface area contributed by atoms with Gasteiger partial charge < -0.3 is 37.1 Å². The maximum Gasteiger partial charge on any atom is 0.227 e. The van der Waals surface area contributed by atoms with E-state index in [-0.39, 0.29) is 12.4 Å². The number of H-pyrrole nitrogens is 1. The zero-order chi connectivity index (χ0) is 15.1. The van der Waals surface area contributed by atoms with E-state index in [0.29, 0.717) is 43.7 Å². The Morgan fingerprint density at radius 1 is 1.00 bits per heavy atom. The number of ether oxygens (including phenoxy) is 4. The SMILES string of the molecule is COCCOc1cc2nc[nH+]c(N)c2cc1OCCOC.[Cl-]. The number of aromatic nitrogens is 2. The molecule has 0 atom stereocenters.